The fraction of sp³-hybridized carbons (Fsp3) is 0.692. The summed E-state index contributed by atoms with van der Waals surface area (Å²) in [6.07, 6.45) is 1.52. The fourth-order valence-corrected chi connectivity index (χ4v) is 2.20. The molecular weight excluding hydrogens is 202 g/mol. The maximum atomic E-state index is 10.1. The summed E-state index contributed by atoms with van der Waals surface area (Å²) < 4.78 is 5.72. The zero-order valence-corrected chi connectivity index (χ0v) is 10.0. The molecule has 3 nitrogen and oxygen atoms in total. The average molecular weight is 223 g/mol. The molecule has 3 heteroatoms. The van der Waals surface area contributed by atoms with E-state index in [2.05, 4.69) is 6.92 Å². The van der Waals surface area contributed by atoms with Gasteiger partial charge in [-0.25, -0.2) is 0 Å². The van der Waals surface area contributed by atoms with E-state index in [0.717, 1.165) is 18.1 Å². The van der Waals surface area contributed by atoms with Crippen LogP contribution in [0.4, 0.5) is 0 Å². The van der Waals surface area contributed by atoms with E-state index in [-0.39, 0.29) is 5.92 Å². The van der Waals surface area contributed by atoms with Crippen LogP contribution >= 0.6 is 0 Å². The van der Waals surface area contributed by atoms with Gasteiger partial charge in [0, 0.05) is 11.8 Å². The van der Waals surface area contributed by atoms with Crippen LogP contribution in [0.15, 0.2) is 16.5 Å². The quantitative estimate of drug-likeness (QED) is 0.806. The Balaban J connectivity index is 2.06. The molecule has 0 bridgehead atoms. The molecule has 90 valence electrons. The number of aliphatic hydroxyl groups is 1. The highest BCUT2D eigenvalue weighted by atomic mass is 16.4. The van der Waals surface area contributed by atoms with Crippen LogP contribution in [0.1, 0.15) is 50.2 Å². The van der Waals surface area contributed by atoms with Crippen LogP contribution in [0.3, 0.4) is 0 Å². The van der Waals surface area contributed by atoms with E-state index in [1.807, 2.05) is 19.1 Å². The van der Waals surface area contributed by atoms with E-state index in [1.165, 1.54) is 6.42 Å². The van der Waals surface area contributed by atoms with Gasteiger partial charge in [0.05, 0.1) is 0 Å². The highest BCUT2D eigenvalue weighted by molar-refractivity contribution is 5.18. The summed E-state index contributed by atoms with van der Waals surface area (Å²) in [6, 6.07) is 3.89. The first-order valence-corrected chi connectivity index (χ1v) is 6.15. The summed E-state index contributed by atoms with van der Waals surface area (Å²) in [7, 11) is 0. The van der Waals surface area contributed by atoms with Gasteiger partial charge in [0.1, 0.15) is 17.6 Å². The molecule has 0 aromatic carbocycles. The number of rotatable bonds is 5. The van der Waals surface area contributed by atoms with Crippen LogP contribution in [-0.4, -0.2) is 11.7 Å². The zero-order chi connectivity index (χ0) is 11.7. The zero-order valence-electron chi connectivity index (χ0n) is 10.0. The van der Waals surface area contributed by atoms with Crippen molar-refractivity contribution in [1.29, 1.82) is 0 Å². The smallest absolute Gasteiger partial charge is 0.133 e. The monoisotopic (exact) mass is 223 g/mol. The molecule has 4 unspecified atom stereocenters. The molecule has 0 aliphatic heterocycles. The van der Waals surface area contributed by atoms with Crippen LogP contribution in [-0.2, 0) is 0 Å². The minimum absolute atomic E-state index is 0.0932. The molecule has 0 amide bonds. The average Bonchev–Trinajstić information content (AvgIpc) is 2.83. The fourth-order valence-electron chi connectivity index (χ4n) is 2.20. The van der Waals surface area contributed by atoms with Gasteiger partial charge < -0.3 is 15.3 Å². The van der Waals surface area contributed by atoms with Crippen molar-refractivity contribution in [3.05, 3.63) is 23.7 Å². The minimum Gasteiger partial charge on any atom is -0.463 e. The molecule has 1 aromatic rings. The van der Waals surface area contributed by atoms with E-state index in [9.17, 15) is 5.11 Å². The Hall–Kier alpha value is -0.800. The van der Waals surface area contributed by atoms with Gasteiger partial charge in [-0.05, 0) is 37.4 Å². The van der Waals surface area contributed by atoms with Gasteiger partial charge in [-0.2, -0.15) is 0 Å². The first-order valence-electron chi connectivity index (χ1n) is 6.15. The summed E-state index contributed by atoms with van der Waals surface area (Å²) >= 11 is 0. The van der Waals surface area contributed by atoms with Gasteiger partial charge in [-0.1, -0.05) is 13.8 Å². The van der Waals surface area contributed by atoms with Gasteiger partial charge in [-0.3, -0.25) is 0 Å². The summed E-state index contributed by atoms with van der Waals surface area (Å²) in [5.41, 5.74) is 5.62. The van der Waals surface area contributed by atoms with Crippen molar-refractivity contribution in [2.24, 2.45) is 17.6 Å². The molecule has 1 aliphatic rings. The first-order chi connectivity index (χ1) is 7.67. The molecule has 16 heavy (non-hydrogen) atoms. The van der Waals surface area contributed by atoms with Gasteiger partial charge >= 0.3 is 0 Å². The van der Waals surface area contributed by atoms with Gasteiger partial charge in [0.15, 0.2) is 0 Å². The van der Waals surface area contributed by atoms with Crippen molar-refractivity contribution >= 4 is 0 Å². The van der Waals surface area contributed by atoms with Crippen molar-refractivity contribution in [3.63, 3.8) is 0 Å². The van der Waals surface area contributed by atoms with E-state index >= 15 is 0 Å². The van der Waals surface area contributed by atoms with E-state index in [4.69, 9.17) is 10.2 Å². The molecule has 0 spiro atoms. The van der Waals surface area contributed by atoms with Crippen molar-refractivity contribution in [3.8, 4) is 0 Å². The Bertz CT molecular complexity index is 343. The summed E-state index contributed by atoms with van der Waals surface area (Å²) in [5.74, 6) is 3.09. The lowest BCUT2D eigenvalue weighted by Gasteiger charge is -2.17. The van der Waals surface area contributed by atoms with Gasteiger partial charge in [0.2, 0.25) is 0 Å². The Morgan fingerprint density at radius 3 is 2.75 bits per heavy atom. The minimum atomic E-state index is -0.558. The summed E-state index contributed by atoms with van der Waals surface area (Å²) in [6.45, 7) is 4.75. The number of hydrogen-bond acceptors (Lipinski definition) is 3. The van der Waals surface area contributed by atoms with Gasteiger partial charge in [-0.15, -0.1) is 0 Å². The maximum Gasteiger partial charge on any atom is 0.133 e. The number of aliphatic hydroxyl groups excluding tert-OH is 1. The second-order valence-electron chi connectivity index (χ2n) is 4.91. The molecular formula is C13H21NO2. The van der Waals surface area contributed by atoms with Gasteiger partial charge in [0.25, 0.3) is 0 Å². The third kappa shape index (κ3) is 2.15. The Morgan fingerprint density at radius 1 is 1.56 bits per heavy atom. The molecule has 0 radical (unpaired) electrons. The molecule has 3 N–H and O–H groups in total. The van der Waals surface area contributed by atoms with E-state index < -0.39 is 6.10 Å². The first kappa shape index (κ1) is 11.7. The number of furan rings is 1. The van der Waals surface area contributed by atoms with E-state index in [1.54, 1.807) is 0 Å². The molecule has 1 fully saturated rings. The lowest BCUT2D eigenvalue weighted by Crippen LogP contribution is -2.20. The standard InChI is InChI=1S/C13H21NO2/c1-3-9(7-14)13(15)12-5-4-11(16-12)10-6-8(10)2/h4-5,8-10,13,15H,3,6-7,14H2,1-2H3. The third-order valence-corrected chi connectivity index (χ3v) is 3.69. The van der Waals surface area contributed by atoms with Crippen molar-refractivity contribution < 1.29 is 9.52 Å². The predicted octanol–water partition coefficient (Wildman–Crippen LogP) is 2.42. The highest BCUT2D eigenvalue weighted by Gasteiger charge is 2.37. The third-order valence-electron chi connectivity index (χ3n) is 3.69. The second kappa shape index (κ2) is 4.60. The highest BCUT2D eigenvalue weighted by Crippen LogP contribution is 2.47. The second-order valence-corrected chi connectivity index (χ2v) is 4.91. The number of nitrogens with two attached hydrogens (primary N) is 1. The lowest BCUT2D eigenvalue weighted by molar-refractivity contribution is 0.0861. The van der Waals surface area contributed by atoms with Crippen LogP contribution in [0.25, 0.3) is 0 Å². The molecule has 1 heterocycles. The molecule has 0 saturated heterocycles. The summed E-state index contributed by atoms with van der Waals surface area (Å²) in [5, 5.41) is 10.1. The van der Waals surface area contributed by atoms with Crippen LogP contribution < -0.4 is 5.73 Å². The van der Waals surface area contributed by atoms with Crippen LogP contribution in [0.2, 0.25) is 0 Å². The lowest BCUT2D eigenvalue weighted by atomic mass is 9.98. The Labute approximate surface area is 96.6 Å². The molecule has 1 aliphatic carbocycles. The summed E-state index contributed by atoms with van der Waals surface area (Å²) in [4.78, 5) is 0. The molecule has 1 aromatic heterocycles. The predicted molar refractivity (Wildman–Crippen MR) is 63.0 cm³/mol. The SMILES string of the molecule is CCC(CN)C(O)c1ccc(C2CC2C)o1. The van der Waals surface area contributed by atoms with E-state index in [0.29, 0.717) is 18.2 Å². The van der Waals surface area contributed by atoms with Crippen LogP contribution in [0, 0.1) is 11.8 Å². The number of hydrogen-bond donors (Lipinski definition) is 2. The normalized spacial score (nSPS) is 27.8. The Kier molecular flexibility index (Phi) is 3.36. The Morgan fingerprint density at radius 2 is 2.25 bits per heavy atom. The maximum absolute atomic E-state index is 10.1. The molecule has 4 atom stereocenters. The topological polar surface area (TPSA) is 59.4 Å². The van der Waals surface area contributed by atoms with Crippen molar-refractivity contribution in [1.82, 2.24) is 0 Å². The largest absolute Gasteiger partial charge is 0.463 e. The molecule has 1 saturated carbocycles. The molecule has 2 rings (SSSR count). The van der Waals surface area contributed by atoms with Crippen molar-refractivity contribution in [2.45, 2.75) is 38.7 Å². The van der Waals surface area contributed by atoms with Crippen LogP contribution in [0.5, 0.6) is 0 Å². The van der Waals surface area contributed by atoms with Crippen molar-refractivity contribution in [2.75, 3.05) is 6.54 Å².